The van der Waals surface area contributed by atoms with Crippen molar-refractivity contribution in [3.63, 3.8) is 0 Å². The van der Waals surface area contributed by atoms with Gasteiger partial charge in [-0.2, -0.15) is 0 Å². The number of anilines is 2. The molecule has 1 fully saturated rings. The number of benzene rings is 2. The van der Waals surface area contributed by atoms with Gasteiger partial charge in [-0.25, -0.2) is 4.79 Å². The summed E-state index contributed by atoms with van der Waals surface area (Å²) in [6, 6.07) is 12.9. The van der Waals surface area contributed by atoms with Gasteiger partial charge >= 0.3 is 5.97 Å². The van der Waals surface area contributed by atoms with E-state index in [1.165, 1.54) is 5.56 Å². The van der Waals surface area contributed by atoms with Gasteiger partial charge in [0.1, 0.15) is 0 Å². The standard InChI is InChI=1S/C23H28N2O4/c1-4-29-23(27)19-9-10-21(25-11-13-28-14-12-25)20(15-19)24-22(26)18-7-5-17(6-8-18)16(2)3/h5-10,15-16H,4,11-14H2,1-3H3,(H,24,26). The predicted molar refractivity (Wildman–Crippen MR) is 114 cm³/mol. The van der Waals surface area contributed by atoms with E-state index in [-0.39, 0.29) is 5.91 Å². The molecule has 0 saturated carbocycles. The third kappa shape index (κ3) is 5.15. The topological polar surface area (TPSA) is 67.9 Å². The SMILES string of the molecule is CCOC(=O)c1ccc(N2CCOCC2)c(NC(=O)c2ccc(C(C)C)cc2)c1. The number of nitrogens with zero attached hydrogens (tertiary/aromatic N) is 1. The molecule has 1 saturated heterocycles. The molecule has 0 bridgehead atoms. The first-order valence-electron chi connectivity index (χ1n) is 10.0. The molecule has 0 radical (unpaired) electrons. The zero-order chi connectivity index (χ0) is 20.8. The maximum atomic E-state index is 12.9. The molecule has 0 unspecified atom stereocenters. The average molecular weight is 396 g/mol. The van der Waals surface area contributed by atoms with Crippen LogP contribution in [0.4, 0.5) is 11.4 Å². The largest absolute Gasteiger partial charge is 0.462 e. The molecule has 1 N–H and O–H groups in total. The van der Waals surface area contributed by atoms with Crippen molar-refractivity contribution in [2.24, 2.45) is 0 Å². The summed E-state index contributed by atoms with van der Waals surface area (Å²) >= 11 is 0. The molecule has 0 spiro atoms. The van der Waals surface area contributed by atoms with E-state index in [0.29, 0.717) is 42.6 Å². The highest BCUT2D eigenvalue weighted by Gasteiger charge is 2.19. The van der Waals surface area contributed by atoms with Crippen molar-refractivity contribution in [3.05, 3.63) is 59.2 Å². The molecule has 1 amide bonds. The van der Waals surface area contributed by atoms with E-state index in [2.05, 4.69) is 24.1 Å². The van der Waals surface area contributed by atoms with Crippen LogP contribution in [0.15, 0.2) is 42.5 Å². The zero-order valence-corrected chi connectivity index (χ0v) is 17.2. The Hall–Kier alpha value is -2.86. The van der Waals surface area contributed by atoms with Crippen molar-refractivity contribution in [1.29, 1.82) is 0 Å². The number of nitrogens with one attached hydrogen (secondary N) is 1. The number of esters is 1. The van der Waals surface area contributed by atoms with Gasteiger partial charge in [0.25, 0.3) is 5.91 Å². The minimum absolute atomic E-state index is 0.212. The third-order valence-corrected chi connectivity index (χ3v) is 4.95. The molecule has 0 atom stereocenters. The number of ether oxygens (including phenoxy) is 2. The Morgan fingerprint density at radius 1 is 1.07 bits per heavy atom. The Balaban J connectivity index is 1.88. The van der Waals surface area contributed by atoms with Crippen LogP contribution in [0.2, 0.25) is 0 Å². The van der Waals surface area contributed by atoms with Gasteiger partial charge in [0.2, 0.25) is 0 Å². The lowest BCUT2D eigenvalue weighted by Crippen LogP contribution is -2.36. The van der Waals surface area contributed by atoms with Crippen LogP contribution in [0.3, 0.4) is 0 Å². The Kier molecular flexibility index (Phi) is 6.88. The van der Waals surface area contributed by atoms with Crippen molar-refractivity contribution < 1.29 is 19.1 Å². The molecule has 1 heterocycles. The minimum Gasteiger partial charge on any atom is -0.462 e. The van der Waals surface area contributed by atoms with Gasteiger partial charge in [-0.1, -0.05) is 26.0 Å². The molecule has 0 aliphatic carbocycles. The first-order valence-corrected chi connectivity index (χ1v) is 10.0. The number of amides is 1. The predicted octanol–water partition coefficient (Wildman–Crippen LogP) is 4.08. The first-order chi connectivity index (χ1) is 14.0. The molecule has 6 heteroatoms. The maximum absolute atomic E-state index is 12.9. The maximum Gasteiger partial charge on any atom is 0.338 e. The van der Waals surface area contributed by atoms with Crippen LogP contribution in [0.5, 0.6) is 0 Å². The number of hydrogen-bond acceptors (Lipinski definition) is 5. The van der Waals surface area contributed by atoms with Gasteiger partial charge in [0.05, 0.1) is 36.8 Å². The van der Waals surface area contributed by atoms with E-state index in [4.69, 9.17) is 9.47 Å². The molecule has 3 rings (SSSR count). The fraction of sp³-hybridized carbons (Fsp3) is 0.391. The fourth-order valence-electron chi connectivity index (χ4n) is 3.27. The second-order valence-corrected chi connectivity index (χ2v) is 7.28. The molecule has 29 heavy (non-hydrogen) atoms. The van der Waals surface area contributed by atoms with Gasteiger partial charge in [-0.05, 0) is 48.7 Å². The van der Waals surface area contributed by atoms with E-state index in [0.717, 1.165) is 18.8 Å². The van der Waals surface area contributed by atoms with E-state index in [1.807, 2.05) is 30.3 Å². The van der Waals surface area contributed by atoms with E-state index >= 15 is 0 Å². The molecule has 6 nitrogen and oxygen atoms in total. The second-order valence-electron chi connectivity index (χ2n) is 7.28. The molecule has 2 aromatic rings. The average Bonchev–Trinajstić information content (AvgIpc) is 2.74. The number of morpholine rings is 1. The van der Waals surface area contributed by atoms with Crippen molar-refractivity contribution in [2.45, 2.75) is 26.7 Å². The Labute approximate surface area is 171 Å². The van der Waals surface area contributed by atoms with E-state index in [1.54, 1.807) is 19.1 Å². The number of carbonyl (C=O) groups is 2. The molecule has 154 valence electrons. The number of hydrogen-bond donors (Lipinski definition) is 1. The first kappa shape index (κ1) is 20.9. The zero-order valence-electron chi connectivity index (χ0n) is 17.2. The Morgan fingerprint density at radius 3 is 2.34 bits per heavy atom. The van der Waals surface area contributed by atoms with Crippen LogP contribution in [0, 0.1) is 0 Å². The van der Waals surface area contributed by atoms with Crippen molar-refractivity contribution >= 4 is 23.3 Å². The highest BCUT2D eigenvalue weighted by atomic mass is 16.5. The van der Waals surface area contributed by atoms with Gasteiger partial charge in [-0.15, -0.1) is 0 Å². The molecular weight excluding hydrogens is 368 g/mol. The summed E-state index contributed by atoms with van der Waals surface area (Å²) in [4.78, 5) is 27.2. The lowest BCUT2D eigenvalue weighted by atomic mass is 10.0. The second kappa shape index (κ2) is 9.56. The normalized spacial score (nSPS) is 14.0. The summed E-state index contributed by atoms with van der Waals surface area (Å²) in [6.07, 6.45) is 0. The highest BCUT2D eigenvalue weighted by molar-refractivity contribution is 6.06. The Bertz CT molecular complexity index is 856. The lowest BCUT2D eigenvalue weighted by molar-refractivity contribution is 0.0526. The smallest absolute Gasteiger partial charge is 0.338 e. The van der Waals surface area contributed by atoms with Gasteiger partial charge in [0.15, 0.2) is 0 Å². The molecule has 2 aromatic carbocycles. The summed E-state index contributed by atoms with van der Waals surface area (Å²) < 4.78 is 10.5. The van der Waals surface area contributed by atoms with Crippen LogP contribution >= 0.6 is 0 Å². The molecular formula is C23H28N2O4. The van der Waals surface area contributed by atoms with Crippen molar-refractivity contribution in [2.75, 3.05) is 43.1 Å². The summed E-state index contributed by atoms with van der Waals surface area (Å²) in [7, 11) is 0. The van der Waals surface area contributed by atoms with Crippen LogP contribution in [-0.2, 0) is 9.47 Å². The van der Waals surface area contributed by atoms with E-state index < -0.39 is 5.97 Å². The number of rotatable bonds is 6. The monoisotopic (exact) mass is 396 g/mol. The van der Waals surface area contributed by atoms with Crippen molar-refractivity contribution in [1.82, 2.24) is 0 Å². The molecule has 1 aliphatic rings. The fourth-order valence-corrected chi connectivity index (χ4v) is 3.27. The molecule has 0 aromatic heterocycles. The van der Waals surface area contributed by atoms with Crippen LogP contribution in [0.25, 0.3) is 0 Å². The number of carbonyl (C=O) groups excluding carboxylic acids is 2. The van der Waals surface area contributed by atoms with Crippen molar-refractivity contribution in [3.8, 4) is 0 Å². The van der Waals surface area contributed by atoms with Crippen LogP contribution in [-0.4, -0.2) is 44.8 Å². The quantitative estimate of drug-likeness (QED) is 0.746. The van der Waals surface area contributed by atoms with Gasteiger partial charge in [-0.3, -0.25) is 4.79 Å². The van der Waals surface area contributed by atoms with Crippen LogP contribution < -0.4 is 10.2 Å². The highest BCUT2D eigenvalue weighted by Crippen LogP contribution is 2.29. The molecule has 1 aliphatic heterocycles. The summed E-state index contributed by atoms with van der Waals surface area (Å²) in [5, 5.41) is 2.98. The Morgan fingerprint density at radius 2 is 1.72 bits per heavy atom. The minimum atomic E-state index is -0.405. The summed E-state index contributed by atoms with van der Waals surface area (Å²) in [5.74, 6) is -0.213. The van der Waals surface area contributed by atoms with Gasteiger partial charge < -0.3 is 19.7 Å². The van der Waals surface area contributed by atoms with Gasteiger partial charge in [0, 0.05) is 18.7 Å². The van der Waals surface area contributed by atoms with Crippen LogP contribution in [0.1, 0.15) is 53.0 Å². The summed E-state index contributed by atoms with van der Waals surface area (Å²) in [5.41, 5.74) is 3.63. The van der Waals surface area contributed by atoms with E-state index in [9.17, 15) is 9.59 Å². The lowest BCUT2D eigenvalue weighted by Gasteiger charge is -2.30. The summed E-state index contributed by atoms with van der Waals surface area (Å²) in [6.45, 7) is 9.01. The third-order valence-electron chi connectivity index (χ3n) is 4.95.